The second-order valence-electron chi connectivity index (χ2n) is 5.85. The number of allylic oxidation sites excluding steroid dienone is 1. The molecular formula is C17H15FN2O4. The Balaban J connectivity index is 2.23. The Kier molecular flexibility index (Phi) is 3.51. The van der Waals surface area contributed by atoms with E-state index in [-0.39, 0.29) is 28.0 Å². The number of nitrogens with zero attached hydrogens (tertiary/aromatic N) is 2. The molecule has 0 saturated carbocycles. The molecule has 0 amide bonds. The van der Waals surface area contributed by atoms with Crippen LogP contribution in [0.2, 0.25) is 0 Å². The van der Waals surface area contributed by atoms with Gasteiger partial charge in [0, 0.05) is 37.3 Å². The molecule has 1 atom stereocenters. The highest BCUT2D eigenvalue weighted by Gasteiger charge is 2.36. The van der Waals surface area contributed by atoms with Crippen LogP contribution in [0.15, 0.2) is 33.5 Å². The predicted octanol–water partition coefficient (Wildman–Crippen LogP) is 1.31. The zero-order valence-corrected chi connectivity index (χ0v) is 13.3. The number of carbonyl (C=O) groups excluding carboxylic acids is 1. The molecule has 0 radical (unpaired) electrons. The molecule has 0 aliphatic heterocycles. The van der Waals surface area contributed by atoms with Crippen molar-refractivity contribution in [1.29, 1.82) is 0 Å². The largest absolute Gasteiger partial charge is 0.507 e. The molecule has 1 N–H and O–H groups in total. The topological polar surface area (TPSA) is 81.3 Å². The van der Waals surface area contributed by atoms with E-state index < -0.39 is 28.8 Å². The van der Waals surface area contributed by atoms with Gasteiger partial charge in [0.2, 0.25) is 0 Å². The zero-order valence-electron chi connectivity index (χ0n) is 13.3. The van der Waals surface area contributed by atoms with Gasteiger partial charge in [0.25, 0.3) is 5.56 Å². The van der Waals surface area contributed by atoms with Crippen molar-refractivity contribution >= 4 is 11.9 Å². The molecule has 1 aliphatic rings. The van der Waals surface area contributed by atoms with Crippen LogP contribution in [0.3, 0.4) is 0 Å². The number of phenols is 1. The lowest BCUT2D eigenvalue weighted by atomic mass is 9.98. The standard InChI is InChI=1S/C17H15FN2O4/c1-8-10(6-9-7-19(2)17(24)20(3)16(9)23)15(22)14-12(21)5-4-11(18)13(8)14/h4-8,21H,1-3H3/b10-6-/t8-/m1/s1. The monoisotopic (exact) mass is 330 g/mol. The highest BCUT2D eigenvalue weighted by molar-refractivity contribution is 6.18. The normalized spacial score (nSPS) is 18.2. The summed E-state index contributed by atoms with van der Waals surface area (Å²) in [4.78, 5) is 36.5. The van der Waals surface area contributed by atoms with Crippen molar-refractivity contribution in [3.63, 3.8) is 0 Å². The van der Waals surface area contributed by atoms with Crippen molar-refractivity contribution in [2.45, 2.75) is 12.8 Å². The van der Waals surface area contributed by atoms with Gasteiger partial charge in [-0.05, 0) is 18.2 Å². The maximum Gasteiger partial charge on any atom is 0.330 e. The summed E-state index contributed by atoms with van der Waals surface area (Å²) in [5, 5.41) is 9.88. The summed E-state index contributed by atoms with van der Waals surface area (Å²) in [5.74, 6) is -2.01. The van der Waals surface area contributed by atoms with Gasteiger partial charge in [0.05, 0.1) is 11.1 Å². The lowest BCUT2D eigenvalue weighted by molar-refractivity contribution is 0.103. The molecule has 0 bridgehead atoms. The van der Waals surface area contributed by atoms with Gasteiger partial charge in [-0.2, -0.15) is 0 Å². The van der Waals surface area contributed by atoms with E-state index in [1.807, 2.05) is 0 Å². The van der Waals surface area contributed by atoms with Crippen LogP contribution in [0, 0.1) is 5.82 Å². The number of Topliss-reactive ketones (excluding diaryl/α,β-unsaturated/α-hetero) is 1. The molecule has 6 nitrogen and oxygen atoms in total. The predicted molar refractivity (Wildman–Crippen MR) is 85.7 cm³/mol. The highest BCUT2D eigenvalue weighted by atomic mass is 19.1. The summed E-state index contributed by atoms with van der Waals surface area (Å²) < 4.78 is 16.2. The number of aromatic hydroxyl groups is 1. The highest BCUT2D eigenvalue weighted by Crippen LogP contribution is 2.43. The van der Waals surface area contributed by atoms with Crippen molar-refractivity contribution in [3.8, 4) is 5.75 Å². The number of ketones is 1. The van der Waals surface area contributed by atoms with Crippen LogP contribution in [0.5, 0.6) is 5.75 Å². The first-order valence-corrected chi connectivity index (χ1v) is 7.28. The molecule has 1 heterocycles. The van der Waals surface area contributed by atoms with Crippen LogP contribution in [-0.4, -0.2) is 20.0 Å². The molecule has 1 aromatic carbocycles. The minimum Gasteiger partial charge on any atom is -0.507 e. The van der Waals surface area contributed by atoms with Crippen molar-refractivity contribution in [1.82, 2.24) is 9.13 Å². The van der Waals surface area contributed by atoms with Crippen LogP contribution in [0.25, 0.3) is 6.08 Å². The second-order valence-corrected chi connectivity index (χ2v) is 5.85. The average Bonchev–Trinajstić information content (AvgIpc) is 2.79. The number of hydrogen-bond acceptors (Lipinski definition) is 4. The van der Waals surface area contributed by atoms with E-state index in [0.717, 1.165) is 16.7 Å². The number of halogens is 1. The molecule has 0 saturated heterocycles. The molecule has 7 heteroatoms. The Labute approximate surface area is 136 Å². The lowest BCUT2D eigenvalue weighted by Crippen LogP contribution is -2.37. The van der Waals surface area contributed by atoms with E-state index in [4.69, 9.17) is 0 Å². The second kappa shape index (κ2) is 5.30. The molecule has 0 fully saturated rings. The quantitative estimate of drug-likeness (QED) is 0.800. The molecule has 2 aromatic rings. The summed E-state index contributed by atoms with van der Waals surface area (Å²) >= 11 is 0. The van der Waals surface area contributed by atoms with E-state index in [9.17, 15) is 23.9 Å². The molecular weight excluding hydrogens is 315 g/mol. The first kappa shape index (κ1) is 15.9. The van der Waals surface area contributed by atoms with Gasteiger partial charge in [-0.25, -0.2) is 9.18 Å². The molecule has 124 valence electrons. The molecule has 1 aliphatic carbocycles. The first-order valence-electron chi connectivity index (χ1n) is 7.28. The number of benzene rings is 1. The van der Waals surface area contributed by atoms with Crippen molar-refractivity contribution in [2.75, 3.05) is 0 Å². The van der Waals surface area contributed by atoms with E-state index >= 15 is 0 Å². The minimum absolute atomic E-state index is 0.0737. The third kappa shape index (κ3) is 2.12. The van der Waals surface area contributed by atoms with Gasteiger partial charge in [0.1, 0.15) is 11.6 Å². The third-order valence-corrected chi connectivity index (χ3v) is 4.34. The summed E-state index contributed by atoms with van der Waals surface area (Å²) in [6.07, 6.45) is 2.69. The third-order valence-electron chi connectivity index (χ3n) is 4.34. The van der Waals surface area contributed by atoms with Crippen LogP contribution >= 0.6 is 0 Å². The molecule has 24 heavy (non-hydrogen) atoms. The number of aryl methyl sites for hydroxylation is 1. The van der Waals surface area contributed by atoms with E-state index in [2.05, 4.69) is 0 Å². The van der Waals surface area contributed by atoms with Crippen LogP contribution < -0.4 is 11.2 Å². The Morgan fingerprint density at radius 3 is 2.50 bits per heavy atom. The summed E-state index contributed by atoms with van der Waals surface area (Å²) in [6.45, 7) is 1.63. The molecule has 0 spiro atoms. The summed E-state index contributed by atoms with van der Waals surface area (Å²) in [5.41, 5.74) is -0.655. The minimum atomic E-state index is -0.610. The van der Waals surface area contributed by atoms with Gasteiger partial charge in [0.15, 0.2) is 5.78 Å². The fourth-order valence-corrected chi connectivity index (χ4v) is 3.03. The number of fused-ring (bicyclic) bond motifs is 1. The Bertz CT molecular complexity index is 1030. The summed E-state index contributed by atoms with van der Waals surface area (Å²) in [7, 11) is 2.83. The van der Waals surface area contributed by atoms with Gasteiger partial charge in [-0.3, -0.25) is 14.2 Å². The molecule has 0 unspecified atom stereocenters. The smallest absolute Gasteiger partial charge is 0.330 e. The van der Waals surface area contributed by atoms with Crippen molar-refractivity contribution in [3.05, 3.63) is 67.2 Å². The number of rotatable bonds is 1. The van der Waals surface area contributed by atoms with E-state index in [1.54, 1.807) is 6.92 Å². The van der Waals surface area contributed by atoms with Crippen LogP contribution in [0.1, 0.15) is 34.3 Å². The van der Waals surface area contributed by atoms with Crippen LogP contribution in [0.4, 0.5) is 4.39 Å². The lowest BCUT2D eigenvalue weighted by Gasteiger charge is -2.08. The fourth-order valence-electron chi connectivity index (χ4n) is 3.03. The number of hydrogen-bond donors (Lipinski definition) is 1. The van der Waals surface area contributed by atoms with Gasteiger partial charge in [-0.1, -0.05) is 6.92 Å². The van der Waals surface area contributed by atoms with Gasteiger partial charge < -0.3 is 9.67 Å². The Morgan fingerprint density at radius 2 is 1.88 bits per heavy atom. The molecule has 1 aromatic heterocycles. The number of carbonyl (C=O) groups is 1. The van der Waals surface area contributed by atoms with Gasteiger partial charge in [-0.15, -0.1) is 0 Å². The fraction of sp³-hybridized carbons (Fsp3) is 0.235. The number of phenolic OH excluding ortho intramolecular Hbond substituents is 1. The van der Waals surface area contributed by atoms with Crippen molar-refractivity contribution in [2.24, 2.45) is 14.1 Å². The average molecular weight is 330 g/mol. The number of aromatic nitrogens is 2. The zero-order chi connectivity index (χ0) is 17.8. The Morgan fingerprint density at radius 1 is 1.21 bits per heavy atom. The van der Waals surface area contributed by atoms with E-state index in [0.29, 0.717) is 0 Å². The van der Waals surface area contributed by atoms with E-state index in [1.165, 1.54) is 30.9 Å². The van der Waals surface area contributed by atoms with Crippen LogP contribution in [-0.2, 0) is 14.1 Å². The van der Waals surface area contributed by atoms with Gasteiger partial charge >= 0.3 is 5.69 Å². The maximum absolute atomic E-state index is 14.1. The Hall–Kier alpha value is -2.96. The first-order chi connectivity index (χ1) is 11.2. The SMILES string of the molecule is C[C@@H]1/C(=C/c2cn(C)c(=O)n(C)c2=O)C(=O)c2c(O)ccc(F)c21. The molecule has 3 rings (SSSR count). The van der Waals surface area contributed by atoms with Crippen molar-refractivity contribution < 1.29 is 14.3 Å². The summed E-state index contributed by atoms with van der Waals surface area (Å²) in [6, 6.07) is 2.24. The maximum atomic E-state index is 14.1.